The van der Waals surface area contributed by atoms with Crippen LogP contribution in [0.1, 0.15) is 34.9 Å². The van der Waals surface area contributed by atoms with E-state index >= 15 is 0 Å². The lowest BCUT2D eigenvalue weighted by Crippen LogP contribution is -2.21. The molecule has 3 rings (SSSR count). The second-order valence-electron chi connectivity index (χ2n) is 6.98. The Balaban J connectivity index is 1.70. The number of amides is 1. The Hall–Kier alpha value is -4.04. The molecule has 0 aliphatic heterocycles. The third-order valence-electron chi connectivity index (χ3n) is 4.66. The second-order valence-corrected chi connectivity index (χ2v) is 7.38. The molecule has 0 spiro atoms. The van der Waals surface area contributed by atoms with Gasteiger partial charge in [-0.1, -0.05) is 54.1 Å². The Labute approximate surface area is 194 Å². The third kappa shape index (κ3) is 6.47. The van der Waals surface area contributed by atoms with Crippen LogP contribution in [0.4, 0.5) is 11.4 Å². The molecule has 0 fully saturated rings. The van der Waals surface area contributed by atoms with E-state index in [0.717, 1.165) is 0 Å². The van der Waals surface area contributed by atoms with Crippen LogP contribution in [0.5, 0.6) is 0 Å². The van der Waals surface area contributed by atoms with Crippen molar-refractivity contribution >= 4 is 40.6 Å². The molecule has 9 heteroatoms. The molecule has 0 radical (unpaired) electrons. The molecule has 0 aliphatic rings. The molecule has 0 saturated heterocycles. The molecular weight excluding hydrogens is 448 g/mol. The molecule has 3 aromatic rings. The molecule has 1 amide bonds. The van der Waals surface area contributed by atoms with Crippen molar-refractivity contribution in [2.24, 2.45) is 0 Å². The van der Waals surface area contributed by atoms with E-state index < -0.39 is 28.7 Å². The van der Waals surface area contributed by atoms with Gasteiger partial charge in [-0.25, -0.2) is 0 Å². The number of carbonyl (C=O) groups excluding carboxylic acids is 3. The maximum atomic E-state index is 13.0. The van der Waals surface area contributed by atoms with E-state index in [1.54, 1.807) is 54.6 Å². The van der Waals surface area contributed by atoms with Gasteiger partial charge in [0.25, 0.3) is 5.69 Å². The SMILES string of the molecule is O=C(CCC(=O)O[C@H](C(=O)c1ccccc1)c1ccc([N+](=O)[O-])cc1)Nc1ccccc1Cl. The van der Waals surface area contributed by atoms with Crippen LogP contribution in [0, 0.1) is 10.1 Å². The van der Waals surface area contributed by atoms with E-state index in [1.165, 1.54) is 24.3 Å². The predicted molar refractivity (Wildman–Crippen MR) is 122 cm³/mol. The molecule has 3 aromatic carbocycles. The van der Waals surface area contributed by atoms with E-state index in [1.807, 2.05) is 0 Å². The van der Waals surface area contributed by atoms with Gasteiger partial charge in [0.2, 0.25) is 11.7 Å². The number of ketones is 1. The normalized spacial score (nSPS) is 11.3. The summed E-state index contributed by atoms with van der Waals surface area (Å²) in [6.07, 6.45) is -1.77. The molecular formula is C24H19ClN2O6. The van der Waals surface area contributed by atoms with Crippen molar-refractivity contribution in [2.45, 2.75) is 18.9 Å². The van der Waals surface area contributed by atoms with E-state index in [2.05, 4.69) is 5.32 Å². The zero-order chi connectivity index (χ0) is 23.8. The molecule has 168 valence electrons. The Morgan fingerprint density at radius 2 is 1.55 bits per heavy atom. The van der Waals surface area contributed by atoms with Crippen LogP contribution in [0.25, 0.3) is 0 Å². The van der Waals surface area contributed by atoms with Gasteiger partial charge in [-0.3, -0.25) is 24.5 Å². The maximum Gasteiger partial charge on any atom is 0.307 e. The number of hydrogen-bond acceptors (Lipinski definition) is 6. The Morgan fingerprint density at radius 3 is 2.18 bits per heavy atom. The number of benzene rings is 3. The fourth-order valence-corrected chi connectivity index (χ4v) is 3.16. The van der Waals surface area contributed by atoms with Gasteiger partial charge < -0.3 is 10.1 Å². The average Bonchev–Trinajstić information content (AvgIpc) is 2.83. The summed E-state index contributed by atoms with van der Waals surface area (Å²) in [4.78, 5) is 48.0. The molecule has 0 unspecified atom stereocenters. The molecule has 0 heterocycles. The number of nitrogens with zero attached hydrogens (tertiary/aromatic N) is 1. The predicted octanol–water partition coefficient (Wildman–Crippen LogP) is 5.13. The van der Waals surface area contributed by atoms with Crippen LogP contribution in [-0.2, 0) is 14.3 Å². The van der Waals surface area contributed by atoms with Crippen molar-refractivity contribution in [3.05, 3.63) is 105 Å². The first kappa shape index (κ1) is 23.6. The number of anilines is 1. The maximum absolute atomic E-state index is 13.0. The first-order chi connectivity index (χ1) is 15.8. The monoisotopic (exact) mass is 466 g/mol. The highest BCUT2D eigenvalue weighted by atomic mass is 35.5. The Kier molecular flexibility index (Phi) is 7.88. The van der Waals surface area contributed by atoms with Crippen LogP contribution >= 0.6 is 11.6 Å². The minimum Gasteiger partial charge on any atom is -0.449 e. The molecule has 0 aliphatic carbocycles. The van der Waals surface area contributed by atoms with Crippen LogP contribution in [0.15, 0.2) is 78.9 Å². The van der Waals surface area contributed by atoms with Gasteiger partial charge in [-0.2, -0.15) is 0 Å². The van der Waals surface area contributed by atoms with Gasteiger partial charge in [-0.05, 0) is 24.3 Å². The number of hydrogen-bond donors (Lipinski definition) is 1. The number of non-ortho nitro benzene ring substituents is 1. The quantitative estimate of drug-likeness (QED) is 0.202. The highest BCUT2D eigenvalue weighted by molar-refractivity contribution is 6.33. The summed E-state index contributed by atoms with van der Waals surface area (Å²) >= 11 is 6.01. The first-order valence-corrected chi connectivity index (χ1v) is 10.3. The third-order valence-corrected chi connectivity index (χ3v) is 4.99. The standard InChI is InChI=1S/C24H19ClN2O6/c25-19-8-4-5-9-20(19)26-21(28)14-15-22(29)33-24(23(30)16-6-2-1-3-7-16)17-10-12-18(13-11-17)27(31)32/h1-13,24H,14-15H2,(H,26,28)/t24-/m0/s1. The topological polar surface area (TPSA) is 116 Å². The van der Waals surface area contributed by atoms with Crippen LogP contribution in [-0.4, -0.2) is 22.6 Å². The highest BCUT2D eigenvalue weighted by Crippen LogP contribution is 2.26. The summed E-state index contributed by atoms with van der Waals surface area (Å²) < 4.78 is 5.41. The van der Waals surface area contributed by atoms with Gasteiger partial charge in [0.1, 0.15) is 0 Å². The zero-order valence-corrected chi connectivity index (χ0v) is 18.0. The number of para-hydroxylation sites is 1. The Bertz CT molecular complexity index is 1170. The van der Waals surface area contributed by atoms with Gasteiger partial charge in [0, 0.05) is 29.7 Å². The van der Waals surface area contributed by atoms with Crippen LogP contribution in [0.2, 0.25) is 5.02 Å². The molecule has 1 N–H and O–H groups in total. The number of Topliss-reactive ketones (excluding diaryl/α,β-unsaturated/α-hetero) is 1. The first-order valence-electron chi connectivity index (χ1n) is 9.92. The molecule has 0 saturated carbocycles. The molecule has 33 heavy (non-hydrogen) atoms. The lowest BCUT2D eigenvalue weighted by atomic mass is 9.99. The van der Waals surface area contributed by atoms with Crippen molar-refractivity contribution in [3.63, 3.8) is 0 Å². The summed E-state index contributed by atoms with van der Waals surface area (Å²) in [6.45, 7) is 0. The second kappa shape index (κ2) is 11.0. The number of esters is 1. The number of nitro groups is 1. The summed E-state index contributed by atoms with van der Waals surface area (Å²) in [5.74, 6) is -1.70. The van der Waals surface area contributed by atoms with Gasteiger partial charge >= 0.3 is 5.97 Å². The lowest BCUT2D eigenvalue weighted by molar-refractivity contribution is -0.384. The van der Waals surface area contributed by atoms with Gasteiger partial charge in [0.15, 0.2) is 6.10 Å². The Morgan fingerprint density at radius 1 is 0.909 bits per heavy atom. The number of rotatable bonds is 9. The van der Waals surface area contributed by atoms with E-state index in [4.69, 9.17) is 16.3 Å². The minimum atomic E-state index is -1.31. The number of ether oxygens (including phenoxy) is 1. The van der Waals surface area contributed by atoms with Crippen molar-refractivity contribution in [1.29, 1.82) is 0 Å². The lowest BCUT2D eigenvalue weighted by Gasteiger charge is -2.17. The van der Waals surface area contributed by atoms with E-state index in [0.29, 0.717) is 16.3 Å². The number of nitro benzene ring substituents is 1. The fourth-order valence-electron chi connectivity index (χ4n) is 2.98. The molecule has 0 bridgehead atoms. The van der Waals surface area contributed by atoms with E-state index in [-0.39, 0.29) is 24.1 Å². The van der Waals surface area contributed by atoms with Crippen molar-refractivity contribution < 1.29 is 24.0 Å². The number of halogens is 1. The largest absolute Gasteiger partial charge is 0.449 e. The van der Waals surface area contributed by atoms with Crippen molar-refractivity contribution in [1.82, 2.24) is 0 Å². The molecule has 8 nitrogen and oxygen atoms in total. The smallest absolute Gasteiger partial charge is 0.307 e. The van der Waals surface area contributed by atoms with Crippen LogP contribution < -0.4 is 5.32 Å². The highest BCUT2D eigenvalue weighted by Gasteiger charge is 2.27. The van der Waals surface area contributed by atoms with Gasteiger partial charge in [0.05, 0.1) is 22.1 Å². The summed E-state index contributed by atoms with van der Waals surface area (Å²) in [5.41, 5.74) is 0.848. The van der Waals surface area contributed by atoms with Crippen molar-refractivity contribution in [2.75, 3.05) is 5.32 Å². The van der Waals surface area contributed by atoms with Crippen molar-refractivity contribution in [3.8, 4) is 0 Å². The molecule has 1 atom stereocenters. The van der Waals surface area contributed by atoms with E-state index in [9.17, 15) is 24.5 Å². The average molecular weight is 467 g/mol. The summed E-state index contributed by atoms with van der Waals surface area (Å²) in [5, 5.41) is 13.9. The number of carbonyl (C=O) groups is 3. The van der Waals surface area contributed by atoms with Gasteiger partial charge in [-0.15, -0.1) is 0 Å². The fraction of sp³-hybridized carbons (Fsp3) is 0.125. The molecule has 0 aromatic heterocycles. The minimum absolute atomic E-state index is 0.160. The zero-order valence-electron chi connectivity index (χ0n) is 17.3. The summed E-state index contributed by atoms with van der Waals surface area (Å²) in [7, 11) is 0. The summed E-state index contributed by atoms with van der Waals surface area (Å²) in [6, 6.07) is 20.1. The van der Waals surface area contributed by atoms with Crippen LogP contribution in [0.3, 0.4) is 0 Å². The number of nitrogens with one attached hydrogen (secondary N) is 1.